The number of ketones is 1. The molecule has 1 saturated heterocycles. The maximum Gasteiger partial charge on any atom is 0.522 e. The van der Waals surface area contributed by atoms with Gasteiger partial charge in [-0.1, -0.05) is 26.0 Å². The van der Waals surface area contributed by atoms with Gasteiger partial charge in [0.05, 0.1) is 13.2 Å². The molecule has 3 rings (SSSR count). The van der Waals surface area contributed by atoms with E-state index in [1.807, 2.05) is 0 Å². The molecule has 1 aliphatic rings. The lowest BCUT2D eigenvalue weighted by Gasteiger charge is -2.25. The zero-order chi connectivity index (χ0) is 28.0. The molecule has 0 radical (unpaired) electrons. The Bertz CT molecular complexity index is 1180. The summed E-state index contributed by atoms with van der Waals surface area (Å²) in [5.41, 5.74) is 0.343. The smallest absolute Gasteiger partial charge is 0.493 e. The van der Waals surface area contributed by atoms with E-state index in [2.05, 4.69) is 20.7 Å². The van der Waals surface area contributed by atoms with E-state index in [-0.39, 0.29) is 30.4 Å². The maximum atomic E-state index is 13.2. The lowest BCUT2D eigenvalue weighted by atomic mass is 9.95. The minimum Gasteiger partial charge on any atom is -0.493 e. The molecule has 0 bridgehead atoms. The molecule has 38 heavy (non-hydrogen) atoms. The Hall–Kier alpha value is -3.61. The molecule has 1 fully saturated rings. The highest BCUT2D eigenvalue weighted by Crippen LogP contribution is 2.28. The lowest BCUT2D eigenvalue weighted by molar-refractivity contribution is -0.321. The van der Waals surface area contributed by atoms with Crippen LogP contribution in [0.1, 0.15) is 43.7 Å². The largest absolute Gasteiger partial charge is 0.522 e. The molecule has 0 spiro atoms. The molecule has 1 aliphatic heterocycles. The molecule has 0 aliphatic carbocycles. The van der Waals surface area contributed by atoms with Gasteiger partial charge in [-0.2, -0.15) is 0 Å². The molecule has 2 heterocycles. The third-order valence-electron chi connectivity index (χ3n) is 6.05. The third kappa shape index (κ3) is 7.70. The Morgan fingerprint density at radius 1 is 1.18 bits per heavy atom. The van der Waals surface area contributed by atoms with E-state index in [0.29, 0.717) is 29.7 Å². The summed E-state index contributed by atoms with van der Waals surface area (Å²) in [5, 5.41) is 8.19. The van der Waals surface area contributed by atoms with Gasteiger partial charge in [-0.15, -0.1) is 13.2 Å². The number of benzene rings is 1. The molecule has 3 N–H and O–H groups in total. The van der Waals surface area contributed by atoms with E-state index in [0.717, 1.165) is 0 Å². The van der Waals surface area contributed by atoms with E-state index >= 15 is 0 Å². The van der Waals surface area contributed by atoms with Crippen molar-refractivity contribution >= 4 is 34.5 Å². The van der Waals surface area contributed by atoms with Crippen molar-refractivity contribution in [2.75, 3.05) is 20.3 Å². The van der Waals surface area contributed by atoms with Gasteiger partial charge in [0, 0.05) is 17.8 Å². The van der Waals surface area contributed by atoms with Crippen LogP contribution in [0.2, 0.25) is 0 Å². The lowest BCUT2D eigenvalue weighted by Crippen LogP contribution is -2.53. The summed E-state index contributed by atoms with van der Waals surface area (Å²) in [5.74, 6) is -3.32. The van der Waals surface area contributed by atoms with Gasteiger partial charge in [0.1, 0.15) is 12.6 Å². The van der Waals surface area contributed by atoms with Crippen LogP contribution >= 0.6 is 0 Å². The summed E-state index contributed by atoms with van der Waals surface area (Å²) in [6, 6.07) is 4.01. The standard InChI is InChI=1S/C25H30F3N3O7/c1-13(2)9-17(31-24(35)20-11-14-5-4-6-19(36-3)21(14)38-20)23(34)30-16(10-15-7-8-29-22(15)33)18(32)12-37-25(26,27)28/h4-6,11,13,15-17H,7-10,12H2,1-3H3,(H,29,33)(H,30,34)(H,31,35). The Morgan fingerprint density at radius 2 is 1.92 bits per heavy atom. The van der Waals surface area contributed by atoms with Crippen LogP contribution in [-0.4, -0.2) is 62.2 Å². The molecule has 3 atom stereocenters. The first-order chi connectivity index (χ1) is 17.9. The van der Waals surface area contributed by atoms with Crippen molar-refractivity contribution in [2.24, 2.45) is 11.8 Å². The van der Waals surface area contributed by atoms with Crippen LogP contribution in [0.15, 0.2) is 28.7 Å². The number of methoxy groups -OCH3 is 1. The van der Waals surface area contributed by atoms with Gasteiger partial charge < -0.3 is 25.1 Å². The van der Waals surface area contributed by atoms with Crippen LogP contribution in [0, 0.1) is 11.8 Å². The Morgan fingerprint density at radius 3 is 2.53 bits per heavy atom. The zero-order valence-corrected chi connectivity index (χ0v) is 21.1. The molecule has 3 unspecified atom stereocenters. The van der Waals surface area contributed by atoms with Gasteiger partial charge in [0.15, 0.2) is 22.9 Å². The van der Waals surface area contributed by atoms with E-state index in [1.165, 1.54) is 13.2 Å². The van der Waals surface area contributed by atoms with Gasteiger partial charge in [-0.05, 0) is 37.3 Å². The number of rotatable bonds is 12. The zero-order valence-electron chi connectivity index (χ0n) is 21.1. The molecular formula is C25H30F3N3O7. The SMILES string of the molecule is COc1cccc2cc(C(=O)NC(CC(C)C)C(=O)NC(CC3CCNC3=O)C(=O)COC(F)(F)F)oc12. The highest BCUT2D eigenvalue weighted by molar-refractivity contribution is 6.00. The maximum absolute atomic E-state index is 13.2. The monoisotopic (exact) mass is 541 g/mol. The predicted octanol–water partition coefficient (Wildman–Crippen LogP) is 2.70. The van der Waals surface area contributed by atoms with Crippen molar-refractivity contribution in [2.45, 2.75) is 51.6 Å². The van der Waals surface area contributed by atoms with Gasteiger partial charge in [0.2, 0.25) is 11.8 Å². The second-order valence-electron chi connectivity index (χ2n) is 9.42. The van der Waals surface area contributed by atoms with Gasteiger partial charge in [-0.25, -0.2) is 0 Å². The predicted molar refractivity (Wildman–Crippen MR) is 128 cm³/mol. The number of carbonyl (C=O) groups excluding carboxylic acids is 4. The summed E-state index contributed by atoms with van der Waals surface area (Å²) < 4.78 is 52.1. The molecule has 1 aromatic carbocycles. The number of hydrogen-bond acceptors (Lipinski definition) is 7. The van der Waals surface area contributed by atoms with Crippen LogP contribution in [0.4, 0.5) is 13.2 Å². The highest BCUT2D eigenvalue weighted by atomic mass is 19.4. The van der Waals surface area contributed by atoms with E-state index < -0.39 is 48.6 Å². The summed E-state index contributed by atoms with van der Waals surface area (Å²) in [6.07, 6.45) is -4.73. The normalized spacial score (nSPS) is 17.2. The molecule has 10 nitrogen and oxygen atoms in total. The number of Topliss-reactive ketones (excluding diaryl/α,β-unsaturated/α-hetero) is 1. The number of fused-ring (bicyclic) bond motifs is 1. The third-order valence-corrected chi connectivity index (χ3v) is 6.05. The second-order valence-corrected chi connectivity index (χ2v) is 9.42. The van der Waals surface area contributed by atoms with Gasteiger partial charge in [-0.3, -0.25) is 23.9 Å². The Kier molecular flexibility index (Phi) is 9.36. The van der Waals surface area contributed by atoms with Crippen molar-refractivity contribution in [1.29, 1.82) is 0 Å². The van der Waals surface area contributed by atoms with Crippen molar-refractivity contribution in [3.8, 4) is 5.75 Å². The number of amides is 3. The summed E-state index contributed by atoms with van der Waals surface area (Å²) in [7, 11) is 1.45. The van der Waals surface area contributed by atoms with E-state index in [1.54, 1.807) is 32.0 Å². The fourth-order valence-corrected chi connectivity index (χ4v) is 4.19. The van der Waals surface area contributed by atoms with E-state index in [4.69, 9.17) is 9.15 Å². The average molecular weight is 542 g/mol. The van der Waals surface area contributed by atoms with Crippen molar-refractivity contribution in [1.82, 2.24) is 16.0 Å². The summed E-state index contributed by atoms with van der Waals surface area (Å²) >= 11 is 0. The minimum absolute atomic E-state index is 0.0786. The van der Waals surface area contributed by atoms with Crippen molar-refractivity contribution in [3.63, 3.8) is 0 Å². The summed E-state index contributed by atoms with van der Waals surface area (Å²) in [6.45, 7) is 2.64. The number of carbonyl (C=O) groups is 4. The Labute approximate surface area is 216 Å². The molecule has 3 amide bonds. The molecular weight excluding hydrogens is 511 g/mol. The van der Waals surface area contributed by atoms with Crippen LogP contribution in [0.25, 0.3) is 11.0 Å². The van der Waals surface area contributed by atoms with Crippen molar-refractivity contribution < 1.29 is 46.2 Å². The minimum atomic E-state index is -5.04. The highest BCUT2D eigenvalue weighted by Gasteiger charge is 2.36. The van der Waals surface area contributed by atoms with Gasteiger partial charge >= 0.3 is 6.36 Å². The number of furan rings is 1. The Balaban J connectivity index is 1.77. The summed E-state index contributed by atoms with van der Waals surface area (Å²) in [4.78, 5) is 50.8. The van der Waals surface area contributed by atoms with Crippen LogP contribution in [-0.2, 0) is 19.1 Å². The fourth-order valence-electron chi connectivity index (χ4n) is 4.19. The van der Waals surface area contributed by atoms with Gasteiger partial charge in [0.25, 0.3) is 5.91 Å². The first kappa shape index (κ1) is 29.0. The quantitative estimate of drug-likeness (QED) is 0.376. The number of para-hydroxylation sites is 1. The first-order valence-electron chi connectivity index (χ1n) is 12.1. The van der Waals surface area contributed by atoms with Crippen LogP contribution < -0.4 is 20.7 Å². The molecule has 2 aromatic rings. The first-order valence-corrected chi connectivity index (χ1v) is 12.1. The number of hydrogen-bond donors (Lipinski definition) is 3. The number of halogens is 3. The molecule has 1 aromatic heterocycles. The second kappa shape index (κ2) is 12.3. The number of ether oxygens (including phenoxy) is 2. The van der Waals surface area contributed by atoms with Crippen molar-refractivity contribution in [3.05, 3.63) is 30.0 Å². The number of nitrogens with one attached hydrogen (secondary N) is 3. The van der Waals surface area contributed by atoms with Crippen LogP contribution in [0.5, 0.6) is 5.75 Å². The molecule has 13 heteroatoms. The van der Waals surface area contributed by atoms with E-state index in [9.17, 15) is 32.3 Å². The molecule has 208 valence electrons. The average Bonchev–Trinajstić information content (AvgIpc) is 3.46. The topological polar surface area (TPSA) is 136 Å². The number of alkyl halides is 3. The molecule has 0 saturated carbocycles. The van der Waals surface area contributed by atoms with Crippen LogP contribution in [0.3, 0.4) is 0 Å². The fraction of sp³-hybridized carbons (Fsp3) is 0.520.